The topological polar surface area (TPSA) is 78.9 Å². The number of hydrogen-bond acceptors (Lipinski definition) is 6. The molecule has 334 valence electrons. The van der Waals surface area contributed by atoms with Crippen LogP contribution in [0.2, 0.25) is 0 Å². The molecule has 6 heteroatoms. The molecule has 0 bridgehead atoms. The summed E-state index contributed by atoms with van der Waals surface area (Å²) in [5.41, 5.74) is 0. The van der Waals surface area contributed by atoms with Crippen LogP contribution in [-0.2, 0) is 28.6 Å². The molecule has 0 aromatic rings. The summed E-state index contributed by atoms with van der Waals surface area (Å²) < 4.78 is 16.7. The number of carbonyl (C=O) groups is 3. The summed E-state index contributed by atoms with van der Waals surface area (Å²) in [6, 6.07) is 0. The molecule has 0 saturated carbocycles. The van der Waals surface area contributed by atoms with Crippen molar-refractivity contribution >= 4 is 17.9 Å². The molecular weight excluding hydrogens is 709 g/mol. The zero-order chi connectivity index (χ0) is 41.5. The Bertz CT molecular complexity index is 927. The number of carbonyl (C=O) groups excluding carboxylic acids is 3. The Morgan fingerprint density at radius 2 is 0.579 bits per heavy atom. The van der Waals surface area contributed by atoms with E-state index in [0.717, 1.165) is 64.2 Å². The Hall–Kier alpha value is -2.11. The van der Waals surface area contributed by atoms with E-state index in [1.807, 2.05) is 0 Å². The van der Waals surface area contributed by atoms with Crippen molar-refractivity contribution in [2.45, 2.75) is 271 Å². The first kappa shape index (κ1) is 54.9. The van der Waals surface area contributed by atoms with E-state index in [0.29, 0.717) is 19.3 Å². The van der Waals surface area contributed by atoms with Gasteiger partial charge in [0, 0.05) is 19.3 Å². The van der Waals surface area contributed by atoms with E-state index in [1.165, 1.54) is 161 Å². The van der Waals surface area contributed by atoms with Crippen molar-refractivity contribution in [1.29, 1.82) is 0 Å². The van der Waals surface area contributed by atoms with E-state index in [4.69, 9.17) is 14.2 Å². The molecule has 0 aromatic carbocycles. The van der Waals surface area contributed by atoms with Gasteiger partial charge in [-0.05, 0) is 70.6 Å². The molecule has 0 unspecified atom stereocenters. The Balaban J connectivity index is 4.31. The van der Waals surface area contributed by atoms with Crippen molar-refractivity contribution in [2.24, 2.45) is 0 Å². The molecule has 0 amide bonds. The van der Waals surface area contributed by atoms with Crippen LogP contribution >= 0.6 is 0 Å². The van der Waals surface area contributed by atoms with Gasteiger partial charge in [-0.1, -0.05) is 199 Å². The highest BCUT2D eigenvalue weighted by Gasteiger charge is 2.19. The van der Waals surface area contributed by atoms with Gasteiger partial charge in [0.25, 0.3) is 0 Å². The van der Waals surface area contributed by atoms with Gasteiger partial charge in [0.05, 0.1) is 0 Å². The molecule has 0 aliphatic heterocycles. The zero-order valence-electron chi connectivity index (χ0n) is 38.1. The van der Waals surface area contributed by atoms with Gasteiger partial charge in [0.2, 0.25) is 0 Å². The molecule has 0 aromatic heterocycles. The quantitative estimate of drug-likeness (QED) is 0.0264. The van der Waals surface area contributed by atoms with E-state index in [-0.39, 0.29) is 31.1 Å². The predicted molar refractivity (Wildman–Crippen MR) is 243 cm³/mol. The maximum atomic E-state index is 12.7. The number of ether oxygens (including phenoxy) is 3. The second-order valence-corrected chi connectivity index (χ2v) is 16.7. The van der Waals surface area contributed by atoms with Crippen LogP contribution in [-0.4, -0.2) is 37.2 Å². The second kappa shape index (κ2) is 46.6. The molecule has 0 heterocycles. The lowest BCUT2D eigenvalue weighted by Gasteiger charge is -2.18. The highest BCUT2D eigenvalue weighted by Crippen LogP contribution is 2.15. The average molecular weight is 803 g/mol. The number of hydrogen-bond donors (Lipinski definition) is 0. The van der Waals surface area contributed by atoms with Gasteiger partial charge in [-0.2, -0.15) is 0 Å². The fourth-order valence-corrected chi connectivity index (χ4v) is 7.14. The van der Waals surface area contributed by atoms with Gasteiger partial charge in [0.15, 0.2) is 6.10 Å². The summed E-state index contributed by atoms with van der Waals surface area (Å²) in [6.07, 6.45) is 51.6. The maximum absolute atomic E-state index is 12.7. The third-order valence-electron chi connectivity index (χ3n) is 10.9. The average Bonchev–Trinajstić information content (AvgIpc) is 3.21. The predicted octanol–water partition coefficient (Wildman–Crippen LogP) is 16.0. The molecule has 0 spiro atoms. The number of esters is 3. The molecule has 57 heavy (non-hydrogen) atoms. The Labute approximate surface area is 353 Å². The summed E-state index contributed by atoms with van der Waals surface area (Å²) >= 11 is 0. The van der Waals surface area contributed by atoms with Crippen LogP contribution in [0, 0.1) is 0 Å². The van der Waals surface area contributed by atoms with E-state index in [1.54, 1.807) is 0 Å². The Morgan fingerprint density at radius 3 is 0.912 bits per heavy atom. The highest BCUT2D eigenvalue weighted by atomic mass is 16.6. The third-order valence-corrected chi connectivity index (χ3v) is 10.9. The molecule has 0 N–H and O–H groups in total. The molecule has 1 atom stereocenters. The fourth-order valence-electron chi connectivity index (χ4n) is 7.14. The molecule has 0 aliphatic carbocycles. The van der Waals surface area contributed by atoms with E-state index >= 15 is 0 Å². The summed E-state index contributed by atoms with van der Waals surface area (Å²) in [7, 11) is 0. The molecule has 0 aliphatic rings. The van der Waals surface area contributed by atoms with Gasteiger partial charge >= 0.3 is 17.9 Å². The lowest BCUT2D eigenvalue weighted by atomic mass is 10.1. The second-order valence-electron chi connectivity index (χ2n) is 16.7. The number of allylic oxidation sites excluding steroid dienone is 4. The van der Waals surface area contributed by atoms with E-state index in [9.17, 15) is 14.4 Å². The van der Waals surface area contributed by atoms with Gasteiger partial charge in [-0.25, -0.2) is 0 Å². The molecule has 0 radical (unpaired) electrons. The number of unbranched alkanes of at least 4 members (excludes halogenated alkanes) is 30. The lowest BCUT2D eigenvalue weighted by molar-refractivity contribution is -0.167. The van der Waals surface area contributed by atoms with Crippen LogP contribution in [0.4, 0.5) is 0 Å². The van der Waals surface area contributed by atoms with Crippen molar-refractivity contribution < 1.29 is 28.6 Å². The van der Waals surface area contributed by atoms with Crippen molar-refractivity contribution in [3.63, 3.8) is 0 Å². The van der Waals surface area contributed by atoms with Crippen molar-refractivity contribution in [3.8, 4) is 0 Å². The minimum absolute atomic E-state index is 0.0729. The highest BCUT2D eigenvalue weighted by molar-refractivity contribution is 5.71. The van der Waals surface area contributed by atoms with Gasteiger partial charge < -0.3 is 14.2 Å². The van der Waals surface area contributed by atoms with Crippen LogP contribution in [0.15, 0.2) is 24.3 Å². The van der Waals surface area contributed by atoms with Crippen LogP contribution < -0.4 is 0 Å². The van der Waals surface area contributed by atoms with Gasteiger partial charge in [0.1, 0.15) is 13.2 Å². The monoisotopic (exact) mass is 803 g/mol. The molecule has 0 saturated heterocycles. The van der Waals surface area contributed by atoms with Gasteiger partial charge in [-0.3, -0.25) is 14.4 Å². The Kier molecular flexibility index (Phi) is 44.9. The molecule has 6 nitrogen and oxygen atoms in total. The summed E-state index contributed by atoms with van der Waals surface area (Å²) in [5.74, 6) is -0.880. The standard InChI is InChI=1S/C51H94O6/c1-4-7-10-13-16-19-22-24-25-26-27-28-30-32-35-38-41-44-50(53)56-47-48(46-55-49(52)43-40-37-34-31-21-18-15-12-9-6-3)57-51(54)45-42-39-36-33-29-23-20-17-14-11-8-5-2/h17,20,24-25,48H,4-16,18-19,21-23,26-47H2,1-3H3/b20-17-,25-24-/t48-/m1/s1. The first-order valence-electron chi connectivity index (χ1n) is 24.8. The maximum Gasteiger partial charge on any atom is 0.306 e. The van der Waals surface area contributed by atoms with E-state index in [2.05, 4.69) is 45.1 Å². The first-order valence-corrected chi connectivity index (χ1v) is 24.8. The van der Waals surface area contributed by atoms with Crippen molar-refractivity contribution in [3.05, 3.63) is 24.3 Å². The van der Waals surface area contributed by atoms with E-state index < -0.39 is 6.10 Å². The van der Waals surface area contributed by atoms with Crippen LogP contribution in [0.5, 0.6) is 0 Å². The number of rotatable bonds is 45. The fraction of sp³-hybridized carbons (Fsp3) is 0.863. The minimum atomic E-state index is -0.771. The van der Waals surface area contributed by atoms with Crippen LogP contribution in [0.3, 0.4) is 0 Å². The minimum Gasteiger partial charge on any atom is -0.462 e. The molecular formula is C51H94O6. The van der Waals surface area contributed by atoms with Crippen molar-refractivity contribution in [1.82, 2.24) is 0 Å². The zero-order valence-corrected chi connectivity index (χ0v) is 38.1. The summed E-state index contributed by atoms with van der Waals surface area (Å²) in [6.45, 7) is 6.60. The summed E-state index contributed by atoms with van der Waals surface area (Å²) in [5, 5.41) is 0. The Morgan fingerprint density at radius 1 is 0.333 bits per heavy atom. The lowest BCUT2D eigenvalue weighted by Crippen LogP contribution is -2.30. The van der Waals surface area contributed by atoms with Crippen molar-refractivity contribution in [2.75, 3.05) is 13.2 Å². The first-order chi connectivity index (χ1) is 28.0. The SMILES string of the molecule is CCCCC/C=C\CCCCCCCC(=O)O[C@@H](COC(=O)CCCCCCCCC/C=C\CCCCCCCC)COC(=O)CCCCCCCCCCCC. The van der Waals surface area contributed by atoms with Crippen LogP contribution in [0.25, 0.3) is 0 Å². The van der Waals surface area contributed by atoms with Crippen LogP contribution in [0.1, 0.15) is 265 Å². The van der Waals surface area contributed by atoms with Gasteiger partial charge in [-0.15, -0.1) is 0 Å². The third kappa shape index (κ3) is 44.8. The smallest absolute Gasteiger partial charge is 0.306 e. The molecule has 0 rings (SSSR count). The largest absolute Gasteiger partial charge is 0.462 e. The normalized spacial score (nSPS) is 12.1. The summed E-state index contributed by atoms with van der Waals surface area (Å²) in [4.78, 5) is 37.8. The molecule has 0 fully saturated rings.